The third-order valence-electron chi connectivity index (χ3n) is 3.63. The number of aliphatic hydroxyl groups excluding tert-OH is 3. The van der Waals surface area contributed by atoms with Gasteiger partial charge in [0, 0.05) is 17.0 Å². The van der Waals surface area contributed by atoms with Gasteiger partial charge in [0.15, 0.2) is 0 Å². The first kappa shape index (κ1) is 15.0. The smallest absolute Gasteiger partial charge is 0.339 e. The Hall–Kier alpha value is -1.93. The van der Waals surface area contributed by atoms with Crippen LogP contribution >= 0.6 is 0 Å². The predicted octanol–water partition coefficient (Wildman–Crippen LogP) is -0.0808. The van der Waals surface area contributed by atoms with E-state index in [1.54, 1.807) is 25.1 Å². The normalized spacial score (nSPS) is 28.2. The molecule has 1 fully saturated rings. The van der Waals surface area contributed by atoms with Crippen molar-refractivity contribution in [2.24, 2.45) is 0 Å². The highest BCUT2D eigenvalue weighted by Gasteiger charge is 2.43. The van der Waals surface area contributed by atoms with E-state index in [1.165, 1.54) is 6.07 Å². The molecule has 4 atom stereocenters. The van der Waals surface area contributed by atoms with E-state index in [0.29, 0.717) is 16.9 Å². The lowest BCUT2D eigenvalue weighted by Crippen LogP contribution is -2.35. The minimum absolute atomic E-state index is 0.314. The highest BCUT2D eigenvalue weighted by atomic mass is 16.7. The maximum atomic E-state index is 11.5. The molecule has 0 amide bonds. The molecule has 22 heavy (non-hydrogen) atoms. The molecule has 0 spiro atoms. The number of hydrogen-bond acceptors (Lipinski definition) is 7. The van der Waals surface area contributed by atoms with Crippen LogP contribution in [0, 0.1) is 6.92 Å². The van der Waals surface area contributed by atoms with Crippen molar-refractivity contribution < 1.29 is 29.2 Å². The van der Waals surface area contributed by atoms with Gasteiger partial charge in [-0.25, -0.2) is 4.79 Å². The van der Waals surface area contributed by atoms with Gasteiger partial charge in [0.1, 0.15) is 29.6 Å². The van der Waals surface area contributed by atoms with Crippen LogP contribution in [0.1, 0.15) is 5.56 Å². The fourth-order valence-corrected chi connectivity index (χ4v) is 2.37. The monoisotopic (exact) mass is 308 g/mol. The van der Waals surface area contributed by atoms with Gasteiger partial charge in [-0.2, -0.15) is 0 Å². The SMILES string of the molecule is Cc1cc2ccc(OC3O[C@H](CO)[C@@H](O)[C@@H]3O)cc2oc1=O. The van der Waals surface area contributed by atoms with E-state index < -0.39 is 36.8 Å². The Morgan fingerprint density at radius 3 is 2.68 bits per heavy atom. The molecule has 0 aliphatic carbocycles. The summed E-state index contributed by atoms with van der Waals surface area (Å²) in [5.41, 5.74) is 0.419. The van der Waals surface area contributed by atoms with Crippen LogP contribution < -0.4 is 10.4 Å². The summed E-state index contributed by atoms with van der Waals surface area (Å²) in [6, 6.07) is 6.56. The Bertz CT molecular complexity index is 738. The lowest BCUT2D eigenvalue weighted by molar-refractivity contribution is -0.116. The molecular weight excluding hydrogens is 292 g/mol. The summed E-state index contributed by atoms with van der Waals surface area (Å²) in [5, 5.41) is 29.3. The third-order valence-corrected chi connectivity index (χ3v) is 3.63. The average molecular weight is 308 g/mol. The molecule has 0 bridgehead atoms. The topological polar surface area (TPSA) is 109 Å². The van der Waals surface area contributed by atoms with Crippen LogP contribution in [0.15, 0.2) is 33.5 Å². The number of rotatable bonds is 3. The van der Waals surface area contributed by atoms with Crippen LogP contribution in [0.3, 0.4) is 0 Å². The van der Waals surface area contributed by atoms with Crippen LogP contribution in [-0.2, 0) is 4.74 Å². The van der Waals surface area contributed by atoms with Crippen LogP contribution in [0.2, 0.25) is 0 Å². The van der Waals surface area contributed by atoms with Crippen molar-refractivity contribution in [3.05, 3.63) is 40.2 Å². The maximum Gasteiger partial charge on any atom is 0.339 e. The molecule has 1 saturated heterocycles. The zero-order valence-corrected chi connectivity index (χ0v) is 11.8. The first-order valence-electron chi connectivity index (χ1n) is 6.83. The van der Waals surface area contributed by atoms with E-state index >= 15 is 0 Å². The largest absolute Gasteiger partial charge is 0.462 e. The second kappa shape index (κ2) is 5.69. The van der Waals surface area contributed by atoms with E-state index in [1.807, 2.05) is 0 Å². The summed E-state index contributed by atoms with van der Waals surface area (Å²) in [4.78, 5) is 11.5. The summed E-state index contributed by atoms with van der Waals surface area (Å²) in [5.74, 6) is 0.314. The Balaban J connectivity index is 1.85. The van der Waals surface area contributed by atoms with E-state index in [0.717, 1.165) is 5.39 Å². The van der Waals surface area contributed by atoms with Crippen LogP contribution in [-0.4, -0.2) is 46.5 Å². The van der Waals surface area contributed by atoms with E-state index in [4.69, 9.17) is 19.0 Å². The van der Waals surface area contributed by atoms with Crippen molar-refractivity contribution in [1.82, 2.24) is 0 Å². The van der Waals surface area contributed by atoms with Crippen molar-refractivity contribution in [1.29, 1.82) is 0 Å². The molecule has 1 aliphatic rings. The van der Waals surface area contributed by atoms with Crippen molar-refractivity contribution in [3.63, 3.8) is 0 Å². The predicted molar refractivity (Wildman–Crippen MR) is 75.6 cm³/mol. The number of aryl methyl sites for hydroxylation is 1. The lowest BCUT2D eigenvalue weighted by Gasteiger charge is -2.16. The number of aliphatic hydroxyl groups is 3. The second-order valence-corrected chi connectivity index (χ2v) is 5.24. The summed E-state index contributed by atoms with van der Waals surface area (Å²) in [6.07, 6.45) is -4.52. The van der Waals surface area contributed by atoms with Crippen molar-refractivity contribution in [2.75, 3.05) is 6.61 Å². The summed E-state index contributed by atoms with van der Waals surface area (Å²) in [6.45, 7) is 1.23. The number of benzene rings is 1. The molecule has 1 unspecified atom stereocenters. The minimum Gasteiger partial charge on any atom is -0.462 e. The molecule has 0 radical (unpaired) electrons. The van der Waals surface area contributed by atoms with Crippen LogP contribution in [0.5, 0.6) is 5.75 Å². The van der Waals surface area contributed by atoms with Gasteiger partial charge in [-0.1, -0.05) is 0 Å². The van der Waals surface area contributed by atoms with Gasteiger partial charge in [0.25, 0.3) is 0 Å². The molecular formula is C15H16O7. The number of fused-ring (bicyclic) bond motifs is 1. The van der Waals surface area contributed by atoms with Crippen LogP contribution in [0.4, 0.5) is 0 Å². The molecule has 0 saturated carbocycles. The van der Waals surface area contributed by atoms with E-state index in [2.05, 4.69) is 0 Å². The molecule has 1 aliphatic heterocycles. The Morgan fingerprint density at radius 2 is 2.00 bits per heavy atom. The Morgan fingerprint density at radius 1 is 1.23 bits per heavy atom. The summed E-state index contributed by atoms with van der Waals surface area (Å²) >= 11 is 0. The molecule has 118 valence electrons. The summed E-state index contributed by atoms with van der Waals surface area (Å²) in [7, 11) is 0. The molecule has 3 N–H and O–H groups in total. The van der Waals surface area contributed by atoms with Gasteiger partial charge in [-0.3, -0.25) is 0 Å². The second-order valence-electron chi connectivity index (χ2n) is 5.24. The Labute approximate surface area is 125 Å². The minimum atomic E-state index is -1.28. The number of ether oxygens (including phenoxy) is 2. The average Bonchev–Trinajstić information content (AvgIpc) is 2.76. The lowest BCUT2D eigenvalue weighted by atomic mass is 10.1. The van der Waals surface area contributed by atoms with Gasteiger partial charge in [0.05, 0.1) is 6.61 Å². The first-order chi connectivity index (χ1) is 10.5. The van der Waals surface area contributed by atoms with Crippen molar-refractivity contribution in [2.45, 2.75) is 31.5 Å². The van der Waals surface area contributed by atoms with Crippen LogP contribution in [0.25, 0.3) is 11.0 Å². The third kappa shape index (κ3) is 2.59. The molecule has 2 aromatic rings. The molecule has 2 heterocycles. The van der Waals surface area contributed by atoms with Gasteiger partial charge < -0.3 is 29.2 Å². The van der Waals surface area contributed by atoms with Crippen molar-refractivity contribution >= 4 is 11.0 Å². The quantitative estimate of drug-likeness (QED) is 0.680. The molecule has 3 rings (SSSR count). The Kier molecular flexibility index (Phi) is 3.88. The molecule has 7 heteroatoms. The van der Waals surface area contributed by atoms with E-state index in [9.17, 15) is 15.0 Å². The molecule has 7 nitrogen and oxygen atoms in total. The maximum absolute atomic E-state index is 11.5. The zero-order valence-electron chi connectivity index (χ0n) is 11.8. The van der Waals surface area contributed by atoms with Gasteiger partial charge in [-0.15, -0.1) is 0 Å². The summed E-state index contributed by atoms with van der Waals surface area (Å²) < 4.78 is 15.9. The van der Waals surface area contributed by atoms with Gasteiger partial charge in [0.2, 0.25) is 6.29 Å². The highest BCUT2D eigenvalue weighted by molar-refractivity contribution is 5.78. The van der Waals surface area contributed by atoms with Crippen molar-refractivity contribution in [3.8, 4) is 5.75 Å². The molecule has 1 aromatic carbocycles. The van der Waals surface area contributed by atoms with Gasteiger partial charge in [-0.05, 0) is 25.1 Å². The highest BCUT2D eigenvalue weighted by Crippen LogP contribution is 2.26. The standard InChI is InChI=1S/C15H16O7/c1-7-4-8-2-3-9(5-10(8)21-14(7)19)20-15-13(18)12(17)11(6-16)22-15/h2-5,11-13,15-18H,6H2,1H3/t11-,12-,13+,15?/m1/s1. The number of hydrogen-bond donors (Lipinski definition) is 3. The zero-order chi connectivity index (χ0) is 15.9. The first-order valence-corrected chi connectivity index (χ1v) is 6.83. The fraction of sp³-hybridized carbons (Fsp3) is 0.400. The van der Waals surface area contributed by atoms with E-state index in [-0.39, 0.29) is 0 Å². The van der Waals surface area contributed by atoms with Gasteiger partial charge >= 0.3 is 5.63 Å². The fourth-order valence-electron chi connectivity index (χ4n) is 2.37. The molecule has 1 aromatic heterocycles.